The monoisotopic (exact) mass is 316 g/mol. The number of aliphatic imine (C=N–C) groups is 1. The molecule has 0 aliphatic carbocycles. The summed E-state index contributed by atoms with van der Waals surface area (Å²) in [5.74, 6) is -2.55. The Kier molecular flexibility index (Phi) is 6.13. The maximum Gasteiger partial charge on any atom is 0.370 e. The van der Waals surface area contributed by atoms with Crippen molar-refractivity contribution in [2.45, 2.75) is 37.6 Å². The Morgan fingerprint density at radius 2 is 2.14 bits per heavy atom. The van der Waals surface area contributed by atoms with Crippen LogP contribution in [-0.4, -0.2) is 64.1 Å². The van der Waals surface area contributed by atoms with Crippen LogP contribution in [0.3, 0.4) is 0 Å². The predicted octanol–water partition coefficient (Wildman–Crippen LogP) is -2.76. The number of rotatable bonds is 6. The number of carbonyl (C=O) groups excluding carboxylic acids is 1. The van der Waals surface area contributed by atoms with Gasteiger partial charge in [0.25, 0.3) is 0 Å². The summed E-state index contributed by atoms with van der Waals surface area (Å²) in [7, 11) is 0. The van der Waals surface area contributed by atoms with Crippen molar-refractivity contribution in [3.05, 3.63) is 11.8 Å². The van der Waals surface area contributed by atoms with Gasteiger partial charge in [0.1, 0.15) is 6.10 Å². The SMILES string of the molecule is CC(=O)N[C@H]1[C@H]([C@H](O)CCO)OC(C(=O)O)=C[C@@H]1N=C(N)N. The molecular weight excluding hydrogens is 296 g/mol. The molecule has 0 aromatic rings. The summed E-state index contributed by atoms with van der Waals surface area (Å²) in [6.07, 6.45) is -1.27. The first kappa shape index (κ1) is 17.7. The van der Waals surface area contributed by atoms with Crippen molar-refractivity contribution in [2.24, 2.45) is 16.5 Å². The number of amides is 1. The number of hydrogen-bond donors (Lipinski definition) is 6. The molecule has 1 amide bonds. The fourth-order valence-corrected chi connectivity index (χ4v) is 2.14. The van der Waals surface area contributed by atoms with Gasteiger partial charge in [-0.25, -0.2) is 9.79 Å². The number of ether oxygens (including phenoxy) is 1. The highest BCUT2D eigenvalue weighted by Crippen LogP contribution is 2.24. The van der Waals surface area contributed by atoms with Gasteiger partial charge < -0.3 is 36.8 Å². The average molecular weight is 316 g/mol. The molecule has 0 saturated carbocycles. The summed E-state index contributed by atoms with van der Waals surface area (Å²) in [5, 5.41) is 30.6. The third-order valence-corrected chi connectivity index (χ3v) is 2.99. The molecule has 0 bridgehead atoms. The van der Waals surface area contributed by atoms with E-state index in [0.717, 1.165) is 6.08 Å². The zero-order chi connectivity index (χ0) is 16.9. The molecule has 0 fully saturated rings. The van der Waals surface area contributed by atoms with Crippen molar-refractivity contribution in [1.82, 2.24) is 5.32 Å². The standard InChI is InChI=1S/C12H20N4O6/c1-5(18)15-9-6(16-12(13)14)4-8(11(20)21)22-10(9)7(19)2-3-17/h4,6-7,9-10,17,19H,2-3H2,1H3,(H,15,18)(H,20,21)(H4,13,14,16)/t6-,7+,9+,10-/m0/s1. The highest BCUT2D eigenvalue weighted by molar-refractivity contribution is 5.85. The second-order valence-electron chi connectivity index (χ2n) is 4.77. The van der Waals surface area contributed by atoms with Gasteiger partial charge in [0.15, 0.2) is 5.96 Å². The molecule has 1 aliphatic heterocycles. The number of aliphatic hydroxyl groups excluding tert-OH is 2. The molecule has 124 valence electrons. The quantitative estimate of drug-likeness (QED) is 0.225. The van der Waals surface area contributed by atoms with Gasteiger partial charge in [-0.1, -0.05) is 0 Å². The van der Waals surface area contributed by atoms with E-state index >= 15 is 0 Å². The number of aliphatic hydroxyl groups is 2. The minimum absolute atomic E-state index is 0.0673. The lowest BCUT2D eigenvalue weighted by Crippen LogP contribution is -2.57. The highest BCUT2D eigenvalue weighted by atomic mass is 16.5. The highest BCUT2D eigenvalue weighted by Gasteiger charge is 2.41. The van der Waals surface area contributed by atoms with Crippen LogP contribution in [0.2, 0.25) is 0 Å². The molecule has 0 aromatic heterocycles. The largest absolute Gasteiger partial charge is 0.478 e. The van der Waals surface area contributed by atoms with Crippen molar-refractivity contribution >= 4 is 17.8 Å². The van der Waals surface area contributed by atoms with Crippen molar-refractivity contribution in [2.75, 3.05) is 6.61 Å². The fraction of sp³-hybridized carbons (Fsp3) is 0.583. The Morgan fingerprint density at radius 1 is 1.50 bits per heavy atom. The topological polar surface area (TPSA) is 180 Å². The van der Waals surface area contributed by atoms with E-state index < -0.39 is 41.9 Å². The van der Waals surface area contributed by atoms with Gasteiger partial charge in [0, 0.05) is 20.0 Å². The van der Waals surface area contributed by atoms with Gasteiger partial charge in [0.2, 0.25) is 11.7 Å². The molecule has 1 rings (SSSR count). The average Bonchev–Trinajstić information content (AvgIpc) is 2.39. The molecule has 0 aromatic carbocycles. The molecule has 10 nitrogen and oxygen atoms in total. The number of nitrogens with two attached hydrogens (primary N) is 2. The molecule has 10 heteroatoms. The molecule has 1 aliphatic rings. The number of guanidine groups is 1. The molecular formula is C12H20N4O6. The lowest BCUT2D eigenvalue weighted by molar-refractivity contribution is -0.141. The lowest BCUT2D eigenvalue weighted by Gasteiger charge is -2.37. The smallest absolute Gasteiger partial charge is 0.370 e. The number of carboxylic acids is 1. The Labute approximate surface area is 126 Å². The molecule has 0 radical (unpaired) electrons. The van der Waals surface area contributed by atoms with Crippen LogP contribution in [-0.2, 0) is 14.3 Å². The van der Waals surface area contributed by atoms with Crippen molar-refractivity contribution in [3.63, 3.8) is 0 Å². The van der Waals surface area contributed by atoms with Crippen molar-refractivity contribution in [1.29, 1.82) is 0 Å². The van der Waals surface area contributed by atoms with Gasteiger partial charge in [-0.05, 0) is 6.08 Å². The van der Waals surface area contributed by atoms with Crippen molar-refractivity contribution in [3.8, 4) is 0 Å². The first-order valence-corrected chi connectivity index (χ1v) is 6.52. The first-order valence-electron chi connectivity index (χ1n) is 6.52. The summed E-state index contributed by atoms with van der Waals surface area (Å²) in [6, 6.07) is -1.81. The maximum absolute atomic E-state index is 11.3. The Morgan fingerprint density at radius 3 is 2.59 bits per heavy atom. The number of hydrogen-bond acceptors (Lipinski definition) is 6. The molecule has 4 atom stereocenters. The summed E-state index contributed by atoms with van der Waals surface area (Å²) < 4.78 is 5.22. The number of nitrogens with one attached hydrogen (secondary N) is 1. The zero-order valence-electron chi connectivity index (χ0n) is 12.0. The van der Waals surface area contributed by atoms with Gasteiger partial charge in [-0.2, -0.15) is 0 Å². The van der Waals surface area contributed by atoms with E-state index in [-0.39, 0.29) is 19.0 Å². The second-order valence-corrected chi connectivity index (χ2v) is 4.77. The van der Waals surface area contributed by atoms with E-state index in [1.54, 1.807) is 0 Å². The van der Waals surface area contributed by atoms with Gasteiger partial charge in [-0.3, -0.25) is 4.79 Å². The number of carbonyl (C=O) groups is 2. The van der Waals surface area contributed by atoms with E-state index in [1.165, 1.54) is 6.92 Å². The van der Waals surface area contributed by atoms with E-state index in [0.29, 0.717) is 0 Å². The fourth-order valence-electron chi connectivity index (χ4n) is 2.14. The normalized spacial score (nSPS) is 25.4. The summed E-state index contributed by atoms with van der Waals surface area (Å²) in [5.41, 5.74) is 10.6. The predicted molar refractivity (Wildman–Crippen MR) is 75.5 cm³/mol. The maximum atomic E-state index is 11.3. The van der Waals surface area contributed by atoms with Gasteiger partial charge >= 0.3 is 5.97 Å². The third-order valence-electron chi connectivity index (χ3n) is 2.99. The third kappa shape index (κ3) is 4.60. The van der Waals surface area contributed by atoms with Crippen LogP contribution in [0.1, 0.15) is 13.3 Å². The summed E-state index contributed by atoms with van der Waals surface area (Å²) >= 11 is 0. The van der Waals surface area contributed by atoms with Gasteiger partial charge in [-0.15, -0.1) is 0 Å². The van der Waals surface area contributed by atoms with Crippen LogP contribution in [0.4, 0.5) is 0 Å². The zero-order valence-corrected chi connectivity index (χ0v) is 12.0. The van der Waals surface area contributed by atoms with E-state index in [1.807, 2.05) is 0 Å². The van der Waals surface area contributed by atoms with E-state index in [2.05, 4.69) is 10.3 Å². The summed E-state index contributed by atoms with van der Waals surface area (Å²) in [4.78, 5) is 26.3. The molecule has 0 unspecified atom stereocenters. The first-order chi connectivity index (χ1) is 10.3. The number of carboxylic acid groups (broad SMARTS) is 1. The molecule has 22 heavy (non-hydrogen) atoms. The Bertz CT molecular complexity index is 488. The van der Waals surface area contributed by atoms with Crippen molar-refractivity contribution < 1.29 is 29.6 Å². The van der Waals surface area contributed by atoms with Crippen LogP contribution in [0.15, 0.2) is 16.8 Å². The number of aliphatic carboxylic acids is 1. The van der Waals surface area contributed by atoms with Crippen LogP contribution in [0.25, 0.3) is 0 Å². The minimum Gasteiger partial charge on any atom is -0.478 e. The van der Waals surface area contributed by atoms with Crippen LogP contribution >= 0.6 is 0 Å². The van der Waals surface area contributed by atoms with Crippen LogP contribution < -0.4 is 16.8 Å². The Hall–Kier alpha value is -2.33. The van der Waals surface area contributed by atoms with Gasteiger partial charge in [0.05, 0.1) is 18.2 Å². The van der Waals surface area contributed by atoms with Crippen LogP contribution in [0.5, 0.6) is 0 Å². The second kappa shape index (κ2) is 7.61. The summed E-state index contributed by atoms with van der Waals surface area (Å²) in [6.45, 7) is 0.908. The molecule has 1 heterocycles. The molecule has 8 N–H and O–H groups in total. The minimum atomic E-state index is -1.36. The van der Waals surface area contributed by atoms with Crippen LogP contribution in [0, 0.1) is 0 Å². The number of nitrogens with zero attached hydrogens (tertiary/aromatic N) is 1. The molecule has 0 saturated heterocycles. The lowest BCUT2D eigenvalue weighted by atomic mass is 9.93. The van der Waals surface area contributed by atoms with E-state index in [4.69, 9.17) is 26.4 Å². The van der Waals surface area contributed by atoms with E-state index in [9.17, 15) is 14.7 Å². The molecule has 0 spiro atoms. The Balaban J connectivity index is 3.21.